The predicted octanol–water partition coefficient (Wildman–Crippen LogP) is 6.87. The van der Waals surface area contributed by atoms with E-state index in [-0.39, 0.29) is 0 Å². The molecule has 0 bridgehead atoms. The van der Waals surface area contributed by atoms with Gasteiger partial charge in [0.2, 0.25) is 0 Å². The Bertz CT molecular complexity index is 931. The zero-order valence-electron chi connectivity index (χ0n) is 14.1. The van der Waals surface area contributed by atoms with Crippen LogP contribution < -0.4 is 0 Å². The van der Waals surface area contributed by atoms with Crippen LogP contribution in [0, 0.1) is 6.92 Å². The summed E-state index contributed by atoms with van der Waals surface area (Å²) in [7, 11) is 0. The molecule has 4 rings (SSSR count). The van der Waals surface area contributed by atoms with Crippen LogP contribution in [0.4, 0.5) is 0 Å². The molecule has 0 atom stereocenters. The normalized spacial score (nSPS) is 10.6. The lowest BCUT2D eigenvalue weighted by atomic mass is 9.98. The molecule has 0 amide bonds. The van der Waals surface area contributed by atoms with Crippen molar-refractivity contribution in [2.75, 3.05) is 0 Å². The van der Waals surface area contributed by atoms with Crippen LogP contribution in [0.1, 0.15) is 5.56 Å². The highest BCUT2D eigenvalue weighted by Gasteiger charge is 2.20. The first-order valence-corrected chi connectivity index (χ1v) is 8.46. The van der Waals surface area contributed by atoms with E-state index in [1.807, 2.05) is 36.4 Å². The summed E-state index contributed by atoms with van der Waals surface area (Å²) in [5, 5.41) is 0. The van der Waals surface area contributed by atoms with Gasteiger partial charge in [0.05, 0.1) is 23.3 Å². The van der Waals surface area contributed by atoms with E-state index in [1.165, 1.54) is 16.7 Å². The smallest absolute Gasteiger partial charge is 0.207 e. The lowest BCUT2D eigenvalue weighted by Gasteiger charge is -2.05. The number of benzene rings is 3. The summed E-state index contributed by atoms with van der Waals surface area (Å²) in [4.78, 5) is 0. The van der Waals surface area contributed by atoms with Crippen molar-refractivity contribution < 1.29 is 4.42 Å². The number of aryl methyl sites for hydroxylation is 1. The summed E-state index contributed by atoms with van der Waals surface area (Å²) in [6.07, 6.45) is 0. The van der Waals surface area contributed by atoms with E-state index < -0.39 is 0 Å². The molecule has 1 heterocycles. The van der Waals surface area contributed by atoms with E-state index in [1.54, 1.807) is 0 Å². The number of rotatable bonds is 3. The molecule has 0 saturated carbocycles. The van der Waals surface area contributed by atoms with Crippen molar-refractivity contribution in [3.8, 4) is 33.8 Å². The highest BCUT2D eigenvalue weighted by molar-refractivity contribution is 5.76. The molecule has 1 nitrogen and oxygen atoms in total. The second kappa shape index (κ2) is 6.74. The zero-order valence-corrected chi connectivity index (χ0v) is 14.1. The Hall–Kier alpha value is -3.19. The Balaban J connectivity index is 1.94. The monoisotopic (exact) mass is 323 g/mol. The highest BCUT2D eigenvalue weighted by atomic mass is 16.3. The maximum Gasteiger partial charge on any atom is 0.361 e. The summed E-state index contributed by atoms with van der Waals surface area (Å²) < 4.78 is 6.25. The van der Waals surface area contributed by atoms with Crippen LogP contribution in [0.2, 0.25) is 0 Å². The van der Waals surface area contributed by atoms with Crippen molar-refractivity contribution in [1.29, 1.82) is 0 Å². The molecule has 0 aliphatic rings. The second-order valence-electron chi connectivity index (χ2n) is 6.12. The minimum Gasteiger partial charge on any atom is -0.207 e. The molecule has 3 aromatic carbocycles. The van der Waals surface area contributed by atoms with Crippen molar-refractivity contribution in [2.45, 2.75) is 6.92 Å². The molecule has 0 radical (unpaired) electrons. The van der Waals surface area contributed by atoms with Crippen LogP contribution in [0.5, 0.6) is 0 Å². The van der Waals surface area contributed by atoms with Crippen molar-refractivity contribution in [1.82, 2.24) is 0 Å². The van der Waals surface area contributed by atoms with Gasteiger partial charge in [0.25, 0.3) is 0 Å². The van der Waals surface area contributed by atoms with Gasteiger partial charge in [-0.05, 0) is 42.3 Å². The van der Waals surface area contributed by atoms with E-state index >= 15 is 0 Å². The minimum absolute atomic E-state index is 0.875. The summed E-state index contributed by atoms with van der Waals surface area (Å²) in [5.74, 6) is 1.75. The Morgan fingerprint density at radius 1 is 0.520 bits per heavy atom. The van der Waals surface area contributed by atoms with Gasteiger partial charge in [-0.15, -0.1) is 0 Å². The molecule has 0 aliphatic carbocycles. The van der Waals surface area contributed by atoms with Crippen molar-refractivity contribution in [3.63, 3.8) is 0 Å². The molecule has 120 valence electrons. The highest BCUT2D eigenvalue weighted by Crippen LogP contribution is 2.33. The third kappa shape index (κ3) is 3.22. The molecule has 0 fully saturated rings. The van der Waals surface area contributed by atoms with Crippen molar-refractivity contribution in [2.24, 2.45) is 0 Å². The molecular weight excluding hydrogens is 304 g/mol. The van der Waals surface area contributed by atoms with Crippen LogP contribution in [0.15, 0.2) is 101 Å². The largest absolute Gasteiger partial charge is 0.361 e. The predicted molar refractivity (Wildman–Crippen MR) is 104 cm³/mol. The van der Waals surface area contributed by atoms with Gasteiger partial charge in [-0.3, -0.25) is 0 Å². The standard InChI is InChI=1S/C24H19O/c1-18-10-8-9-15-22(18)21-16-23(19-11-4-2-5-12-19)25-24(17-21)20-13-6-3-7-14-20/h2-17H,1H3/q+1. The molecule has 0 spiro atoms. The van der Waals surface area contributed by atoms with E-state index in [9.17, 15) is 0 Å². The second-order valence-corrected chi connectivity index (χ2v) is 6.12. The van der Waals surface area contributed by atoms with Crippen molar-refractivity contribution in [3.05, 3.63) is 103 Å². The van der Waals surface area contributed by atoms with E-state index in [2.05, 4.69) is 67.6 Å². The summed E-state index contributed by atoms with van der Waals surface area (Å²) in [5.41, 5.74) is 5.81. The van der Waals surface area contributed by atoms with Gasteiger partial charge in [-0.1, -0.05) is 60.7 Å². The molecule has 1 heteroatoms. The third-order valence-corrected chi connectivity index (χ3v) is 4.37. The molecule has 0 saturated heterocycles. The number of hydrogen-bond donors (Lipinski definition) is 0. The van der Waals surface area contributed by atoms with E-state index in [0.29, 0.717) is 0 Å². The van der Waals surface area contributed by atoms with Crippen molar-refractivity contribution >= 4 is 0 Å². The topological polar surface area (TPSA) is 11.3 Å². The maximum absolute atomic E-state index is 6.25. The molecule has 4 aromatic rings. The van der Waals surface area contributed by atoms with E-state index in [0.717, 1.165) is 22.6 Å². The number of hydrogen-bond acceptors (Lipinski definition) is 0. The SMILES string of the molecule is Cc1ccccc1-c1cc(-c2ccccc2)[o+]c(-c2ccccc2)c1. The Morgan fingerprint density at radius 2 is 1.00 bits per heavy atom. The molecule has 0 N–H and O–H groups in total. The average Bonchev–Trinajstić information content (AvgIpc) is 2.69. The summed E-state index contributed by atoms with van der Waals surface area (Å²) >= 11 is 0. The fourth-order valence-corrected chi connectivity index (χ4v) is 3.04. The van der Waals surface area contributed by atoms with Crippen LogP contribution >= 0.6 is 0 Å². The van der Waals surface area contributed by atoms with Gasteiger partial charge in [0, 0.05) is 5.56 Å². The van der Waals surface area contributed by atoms with Gasteiger partial charge >= 0.3 is 11.5 Å². The van der Waals surface area contributed by atoms with Gasteiger partial charge in [-0.25, -0.2) is 4.42 Å². The molecule has 1 aromatic heterocycles. The van der Waals surface area contributed by atoms with Gasteiger partial charge < -0.3 is 0 Å². The quantitative estimate of drug-likeness (QED) is 0.374. The van der Waals surface area contributed by atoms with Crippen LogP contribution in [0.25, 0.3) is 33.8 Å². The minimum atomic E-state index is 0.875. The maximum atomic E-state index is 6.25. The first-order chi connectivity index (χ1) is 12.3. The zero-order chi connectivity index (χ0) is 17.1. The van der Waals surface area contributed by atoms with Crippen LogP contribution in [-0.4, -0.2) is 0 Å². The first-order valence-electron chi connectivity index (χ1n) is 8.46. The van der Waals surface area contributed by atoms with Gasteiger partial charge in [0.15, 0.2) is 0 Å². The lowest BCUT2D eigenvalue weighted by Crippen LogP contribution is -1.87. The summed E-state index contributed by atoms with van der Waals surface area (Å²) in [6, 6.07) is 33.2. The Morgan fingerprint density at radius 3 is 1.52 bits per heavy atom. The van der Waals surface area contributed by atoms with Crippen LogP contribution in [-0.2, 0) is 0 Å². The Kier molecular flexibility index (Phi) is 4.14. The third-order valence-electron chi connectivity index (χ3n) is 4.37. The molecule has 25 heavy (non-hydrogen) atoms. The Labute approximate surface area is 148 Å². The lowest BCUT2D eigenvalue weighted by molar-refractivity contribution is 0.582. The van der Waals surface area contributed by atoms with Crippen LogP contribution in [0.3, 0.4) is 0 Å². The fraction of sp³-hybridized carbons (Fsp3) is 0.0417. The summed E-state index contributed by atoms with van der Waals surface area (Å²) in [6.45, 7) is 2.14. The fourth-order valence-electron chi connectivity index (χ4n) is 3.04. The van der Waals surface area contributed by atoms with Gasteiger partial charge in [-0.2, -0.15) is 0 Å². The van der Waals surface area contributed by atoms with E-state index in [4.69, 9.17) is 4.42 Å². The average molecular weight is 323 g/mol. The molecule has 0 aliphatic heterocycles. The molecule has 0 unspecified atom stereocenters. The first kappa shape index (κ1) is 15.3. The molecular formula is C24H19O+. The van der Waals surface area contributed by atoms with Gasteiger partial charge in [0.1, 0.15) is 0 Å².